The van der Waals surface area contributed by atoms with E-state index in [1.807, 2.05) is 24.3 Å². The number of methoxy groups -OCH3 is 1. The van der Waals surface area contributed by atoms with E-state index in [1.165, 1.54) is 4.90 Å². The SMILES string of the molecule is COc1ccc2c(N[C@@H]3CCN(C(=O)O)C3)ccnc2c1. The van der Waals surface area contributed by atoms with Crippen molar-refractivity contribution < 1.29 is 14.6 Å². The molecular formula is C15H17N3O3. The Hall–Kier alpha value is -2.50. The van der Waals surface area contributed by atoms with Gasteiger partial charge in [-0.1, -0.05) is 0 Å². The van der Waals surface area contributed by atoms with E-state index < -0.39 is 6.09 Å². The number of fused-ring (bicyclic) bond motifs is 1. The number of hydrogen-bond acceptors (Lipinski definition) is 4. The first-order valence-electron chi connectivity index (χ1n) is 6.84. The zero-order valence-corrected chi connectivity index (χ0v) is 11.7. The van der Waals surface area contributed by atoms with Crippen LogP contribution >= 0.6 is 0 Å². The van der Waals surface area contributed by atoms with Gasteiger partial charge in [0.25, 0.3) is 0 Å². The Balaban J connectivity index is 1.83. The van der Waals surface area contributed by atoms with E-state index in [2.05, 4.69) is 10.3 Å². The number of ether oxygens (including phenoxy) is 1. The van der Waals surface area contributed by atoms with Gasteiger partial charge in [0.15, 0.2) is 0 Å². The van der Waals surface area contributed by atoms with Crippen molar-refractivity contribution >= 4 is 22.7 Å². The van der Waals surface area contributed by atoms with E-state index in [9.17, 15) is 4.79 Å². The van der Waals surface area contributed by atoms with Crippen molar-refractivity contribution in [1.29, 1.82) is 0 Å². The van der Waals surface area contributed by atoms with Gasteiger partial charge in [-0.2, -0.15) is 0 Å². The molecule has 2 N–H and O–H groups in total. The van der Waals surface area contributed by atoms with E-state index >= 15 is 0 Å². The molecule has 1 amide bonds. The van der Waals surface area contributed by atoms with Crippen molar-refractivity contribution in [3.8, 4) is 5.75 Å². The fraction of sp³-hybridized carbons (Fsp3) is 0.333. The monoisotopic (exact) mass is 287 g/mol. The maximum atomic E-state index is 11.0. The van der Waals surface area contributed by atoms with Gasteiger partial charge in [-0.25, -0.2) is 4.79 Å². The summed E-state index contributed by atoms with van der Waals surface area (Å²) >= 11 is 0. The van der Waals surface area contributed by atoms with Crippen LogP contribution in [0.25, 0.3) is 10.9 Å². The average Bonchev–Trinajstić information content (AvgIpc) is 2.96. The topological polar surface area (TPSA) is 74.7 Å². The molecule has 0 saturated carbocycles. The van der Waals surface area contributed by atoms with Crippen molar-refractivity contribution in [1.82, 2.24) is 9.88 Å². The standard InChI is InChI=1S/C15H17N3O3/c1-21-11-2-3-12-13(4-6-16-14(12)8-11)17-10-5-7-18(9-10)15(19)20/h2-4,6,8,10H,5,7,9H2,1H3,(H,16,17)(H,19,20)/t10-/m1/s1. The summed E-state index contributed by atoms with van der Waals surface area (Å²) in [6.07, 6.45) is 1.70. The zero-order chi connectivity index (χ0) is 14.8. The summed E-state index contributed by atoms with van der Waals surface area (Å²) in [7, 11) is 1.63. The third kappa shape index (κ3) is 2.69. The lowest BCUT2D eigenvalue weighted by Gasteiger charge is -2.16. The molecule has 1 saturated heterocycles. The molecule has 0 unspecified atom stereocenters. The van der Waals surface area contributed by atoms with Gasteiger partial charge >= 0.3 is 6.09 Å². The van der Waals surface area contributed by atoms with Gasteiger partial charge in [0.05, 0.1) is 12.6 Å². The van der Waals surface area contributed by atoms with Crippen LogP contribution in [0.3, 0.4) is 0 Å². The molecule has 3 rings (SSSR count). The van der Waals surface area contributed by atoms with Gasteiger partial charge in [0.2, 0.25) is 0 Å². The number of nitrogens with one attached hydrogen (secondary N) is 1. The molecular weight excluding hydrogens is 270 g/mol. The lowest BCUT2D eigenvalue weighted by molar-refractivity contribution is 0.155. The third-order valence-electron chi connectivity index (χ3n) is 3.77. The molecule has 1 aliphatic heterocycles. The number of rotatable bonds is 3. The molecule has 0 spiro atoms. The minimum atomic E-state index is -0.858. The van der Waals surface area contributed by atoms with Crippen LogP contribution in [0.4, 0.5) is 10.5 Å². The molecule has 0 radical (unpaired) electrons. The van der Waals surface area contributed by atoms with Crippen molar-refractivity contribution in [2.24, 2.45) is 0 Å². The third-order valence-corrected chi connectivity index (χ3v) is 3.77. The number of anilines is 1. The Bertz CT molecular complexity index is 674. The summed E-state index contributed by atoms with van der Waals surface area (Å²) in [6.45, 7) is 1.08. The molecule has 1 aliphatic rings. The molecule has 1 aromatic carbocycles. The van der Waals surface area contributed by atoms with Gasteiger partial charge in [-0.3, -0.25) is 4.98 Å². The van der Waals surface area contributed by atoms with Crippen molar-refractivity contribution in [3.05, 3.63) is 30.5 Å². The molecule has 6 heteroatoms. The number of likely N-dealkylation sites (tertiary alicyclic amines) is 1. The van der Waals surface area contributed by atoms with Crippen LogP contribution in [0.15, 0.2) is 30.5 Å². The van der Waals surface area contributed by atoms with Crippen molar-refractivity contribution in [2.45, 2.75) is 12.5 Å². The molecule has 110 valence electrons. The second kappa shape index (κ2) is 5.47. The van der Waals surface area contributed by atoms with Gasteiger partial charge in [0, 0.05) is 42.5 Å². The second-order valence-corrected chi connectivity index (χ2v) is 5.10. The van der Waals surface area contributed by atoms with E-state index in [0.717, 1.165) is 28.8 Å². The summed E-state index contributed by atoms with van der Waals surface area (Å²) in [5, 5.41) is 13.4. The summed E-state index contributed by atoms with van der Waals surface area (Å²) < 4.78 is 5.20. The fourth-order valence-corrected chi connectivity index (χ4v) is 2.65. The molecule has 1 fully saturated rings. The van der Waals surface area contributed by atoms with Crippen LogP contribution in [-0.2, 0) is 0 Å². The Labute approximate surface area is 122 Å². The Morgan fingerprint density at radius 3 is 3.05 bits per heavy atom. The molecule has 2 heterocycles. The number of carbonyl (C=O) groups is 1. The summed E-state index contributed by atoms with van der Waals surface area (Å²) in [4.78, 5) is 16.7. The maximum Gasteiger partial charge on any atom is 0.407 e. The second-order valence-electron chi connectivity index (χ2n) is 5.10. The van der Waals surface area contributed by atoms with E-state index in [0.29, 0.717) is 13.1 Å². The first-order chi connectivity index (χ1) is 10.2. The number of benzene rings is 1. The van der Waals surface area contributed by atoms with Crippen LogP contribution < -0.4 is 10.1 Å². The van der Waals surface area contributed by atoms with E-state index in [-0.39, 0.29) is 6.04 Å². The predicted octanol–water partition coefficient (Wildman–Crippen LogP) is 2.41. The van der Waals surface area contributed by atoms with Gasteiger partial charge in [-0.05, 0) is 24.6 Å². The highest BCUT2D eigenvalue weighted by atomic mass is 16.5. The highest BCUT2D eigenvalue weighted by Crippen LogP contribution is 2.27. The molecule has 21 heavy (non-hydrogen) atoms. The van der Waals surface area contributed by atoms with Crippen LogP contribution in [0.2, 0.25) is 0 Å². The number of pyridine rings is 1. The minimum absolute atomic E-state index is 0.133. The molecule has 1 aromatic heterocycles. The summed E-state index contributed by atoms with van der Waals surface area (Å²) in [5.74, 6) is 0.769. The first kappa shape index (κ1) is 13.5. The normalized spacial score (nSPS) is 18.0. The average molecular weight is 287 g/mol. The van der Waals surface area contributed by atoms with Gasteiger partial charge < -0.3 is 20.1 Å². The minimum Gasteiger partial charge on any atom is -0.497 e. The van der Waals surface area contributed by atoms with Crippen LogP contribution in [0.1, 0.15) is 6.42 Å². The molecule has 1 atom stereocenters. The lowest BCUT2D eigenvalue weighted by atomic mass is 10.1. The van der Waals surface area contributed by atoms with Crippen LogP contribution in [0, 0.1) is 0 Å². The van der Waals surface area contributed by atoms with Gasteiger partial charge in [0.1, 0.15) is 5.75 Å². The number of aromatic nitrogens is 1. The van der Waals surface area contributed by atoms with E-state index in [4.69, 9.17) is 9.84 Å². The highest BCUT2D eigenvalue weighted by Gasteiger charge is 2.25. The number of amides is 1. The van der Waals surface area contributed by atoms with Crippen molar-refractivity contribution in [3.63, 3.8) is 0 Å². The maximum absolute atomic E-state index is 11.0. The largest absolute Gasteiger partial charge is 0.497 e. The van der Waals surface area contributed by atoms with Crippen LogP contribution in [0.5, 0.6) is 5.75 Å². The van der Waals surface area contributed by atoms with Crippen molar-refractivity contribution in [2.75, 3.05) is 25.5 Å². The number of nitrogens with zero attached hydrogens (tertiary/aromatic N) is 2. The van der Waals surface area contributed by atoms with Gasteiger partial charge in [-0.15, -0.1) is 0 Å². The summed E-state index contributed by atoms with van der Waals surface area (Å²) in [5.41, 5.74) is 1.83. The first-order valence-corrected chi connectivity index (χ1v) is 6.84. The Morgan fingerprint density at radius 1 is 1.48 bits per heavy atom. The Kier molecular flexibility index (Phi) is 3.51. The van der Waals surface area contributed by atoms with Crippen LogP contribution in [-0.4, -0.2) is 47.3 Å². The predicted molar refractivity (Wildman–Crippen MR) is 79.9 cm³/mol. The fourth-order valence-electron chi connectivity index (χ4n) is 2.65. The smallest absolute Gasteiger partial charge is 0.407 e. The molecule has 2 aromatic rings. The number of hydrogen-bond donors (Lipinski definition) is 2. The molecule has 6 nitrogen and oxygen atoms in total. The zero-order valence-electron chi connectivity index (χ0n) is 11.7. The number of carboxylic acid groups (broad SMARTS) is 1. The molecule has 0 aliphatic carbocycles. The quantitative estimate of drug-likeness (QED) is 0.906. The molecule has 0 bridgehead atoms. The summed E-state index contributed by atoms with van der Waals surface area (Å²) in [6, 6.07) is 7.80. The highest BCUT2D eigenvalue weighted by molar-refractivity contribution is 5.92. The lowest BCUT2D eigenvalue weighted by Crippen LogP contribution is -2.30. The van der Waals surface area contributed by atoms with E-state index in [1.54, 1.807) is 13.3 Å². The Morgan fingerprint density at radius 2 is 2.33 bits per heavy atom.